The van der Waals surface area contributed by atoms with Crippen LogP contribution in [-0.2, 0) is 21.3 Å². The molecule has 114 valence electrons. The monoisotopic (exact) mass is 320 g/mol. The first-order valence-corrected chi connectivity index (χ1v) is 8.78. The van der Waals surface area contributed by atoms with Crippen molar-refractivity contribution in [3.63, 3.8) is 0 Å². The summed E-state index contributed by atoms with van der Waals surface area (Å²) in [5, 5.41) is 7.07. The molecule has 0 spiro atoms. The van der Waals surface area contributed by atoms with Crippen LogP contribution in [0.15, 0.2) is 0 Å². The third-order valence-electron chi connectivity index (χ3n) is 3.53. The van der Waals surface area contributed by atoms with Crippen molar-refractivity contribution in [2.24, 2.45) is 0 Å². The number of piperidine rings is 1. The van der Waals surface area contributed by atoms with Gasteiger partial charge >= 0.3 is 0 Å². The number of rotatable bonds is 5. The molecule has 1 N–H and O–H groups in total. The van der Waals surface area contributed by atoms with Gasteiger partial charge in [-0.25, -0.2) is 12.7 Å². The molecule has 0 amide bonds. The lowest BCUT2D eigenvalue weighted by Gasteiger charge is -2.30. The number of hydrogen-bond acceptors (Lipinski definition) is 5. The van der Waals surface area contributed by atoms with Crippen LogP contribution in [0.25, 0.3) is 0 Å². The lowest BCUT2D eigenvalue weighted by atomic mass is 9.99. The second kappa shape index (κ2) is 6.33. The van der Waals surface area contributed by atoms with E-state index in [9.17, 15) is 8.42 Å². The number of aromatic nitrogens is 3. The van der Waals surface area contributed by atoms with Crippen LogP contribution in [-0.4, -0.2) is 60.5 Å². The summed E-state index contributed by atoms with van der Waals surface area (Å²) in [5.41, 5.74) is 0. The third-order valence-corrected chi connectivity index (χ3v) is 5.11. The van der Waals surface area contributed by atoms with E-state index >= 15 is 0 Å². The Morgan fingerprint density at radius 2 is 2.30 bits per heavy atom. The van der Waals surface area contributed by atoms with Gasteiger partial charge in [0.25, 0.3) is 0 Å². The minimum atomic E-state index is -3.15. The molecule has 7 nitrogen and oxygen atoms in total. The summed E-state index contributed by atoms with van der Waals surface area (Å²) in [6, 6.07) is 0. The number of ether oxygens (including phenoxy) is 1. The number of sulfonamides is 1. The van der Waals surface area contributed by atoms with Crippen molar-refractivity contribution in [2.75, 3.05) is 33.1 Å². The molecule has 20 heavy (non-hydrogen) atoms. The highest BCUT2D eigenvalue weighted by Gasteiger charge is 2.29. The van der Waals surface area contributed by atoms with Gasteiger partial charge < -0.3 is 9.30 Å². The zero-order valence-electron chi connectivity index (χ0n) is 11.7. The average molecular weight is 320 g/mol. The van der Waals surface area contributed by atoms with Crippen molar-refractivity contribution in [2.45, 2.75) is 25.3 Å². The Balaban J connectivity index is 2.21. The number of aromatic amines is 1. The number of methoxy groups -OCH3 is 1. The Morgan fingerprint density at radius 1 is 1.55 bits per heavy atom. The molecule has 0 saturated carbocycles. The predicted molar refractivity (Wildman–Crippen MR) is 77.7 cm³/mol. The van der Waals surface area contributed by atoms with Gasteiger partial charge in [0.2, 0.25) is 10.0 Å². The smallest absolute Gasteiger partial charge is 0.211 e. The van der Waals surface area contributed by atoms with Gasteiger partial charge in [-0.2, -0.15) is 5.10 Å². The van der Waals surface area contributed by atoms with Crippen LogP contribution in [0.1, 0.15) is 24.6 Å². The highest BCUT2D eigenvalue weighted by molar-refractivity contribution is 7.88. The number of hydrogen-bond donors (Lipinski definition) is 1. The molecular formula is C11H20N4O3S2. The number of nitrogens with one attached hydrogen (secondary N) is 1. The Morgan fingerprint density at radius 3 is 2.95 bits per heavy atom. The SMILES string of the molecule is COCCn1c(C2CCCN(S(C)(=O)=O)C2)n[nH]c1=S. The molecule has 1 atom stereocenters. The van der Waals surface area contributed by atoms with E-state index in [4.69, 9.17) is 17.0 Å². The number of H-pyrrole nitrogens is 1. The van der Waals surface area contributed by atoms with E-state index in [1.54, 1.807) is 7.11 Å². The van der Waals surface area contributed by atoms with Gasteiger partial charge in [0.1, 0.15) is 5.82 Å². The molecule has 0 aliphatic carbocycles. The summed E-state index contributed by atoms with van der Waals surface area (Å²) in [5.74, 6) is 0.892. The largest absolute Gasteiger partial charge is 0.383 e. The van der Waals surface area contributed by atoms with Gasteiger partial charge in [-0.15, -0.1) is 0 Å². The molecule has 1 fully saturated rings. The van der Waals surface area contributed by atoms with Gasteiger partial charge in [-0.05, 0) is 25.1 Å². The van der Waals surface area contributed by atoms with Crippen molar-refractivity contribution in [1.82, 2.24) is 19.1 Å². The third kappa shape index (κ3) is 3.46. The van der Waals surface area contributed by atoms with Crippen molar-refractivity contribution in [3.05, 3.63) is 10.6 Å². The quantitative estimate of drug-likeness (QED) is 0.809. The average Bonchev–Trinajstić information content (AvgIpc) is 2.77. The predicted octanol–water partition coefficient (Wildman–Crippen LogP) is 0.726. The van der Waals surface area contributed by atoms with Gasteiger partial charge in [0.05, 0.1) is 12.9 Å². The Kier molecular flexibility index (Phi) is 4.95. The van der Waals surface area contributed by atoms with Crippen molar-refractivity contribution < 1.29 is 13.2 Å². The summed E-state index contributed by atoms with van der Waals surface area (Å²) in [4.78, 5) is 0. The molecule has 2 rings (SSSR count). The molecule has 9 heteroatoms. The molecule has 2 heterocycles. The van der Waals surface area contributed by atoms with Gasteiger partial charge in [-0.3, -0.25) is 5.10 Å². The van der Waals surface area contributed by atoms with Crippen molar-refractivity contribution in [3.8, 4) is 0 Å². The first-order valence-electron chi connectivity index (χ1n) is 6.52. The molecule has 1 aromatic heterocycles. The topological polar surface area (TPSA) is 80.2 Å². The Hall–Kier alpha value is -0.770. The van der Waals surface area contributed by atoms with E-state index < -0.39 is 10.0 Å². The van der Waals surface area contributed by atoms with E-state index in [1.165, 1.54) is 10.6 Å². The van der Waals surface area contributed by atoms with E-state index in [0.29, 0.717) is 31.0 Å². The molecule has 1 aliphatic rings. The molecule has 1 aliphatic heterocycles. The molecule has 0 bridgehead atoms. The lowest BCUT2D eigenvalue weighted by molar-refractivity contribution is 0.184. The summed E-state index contributed by atoms with van der Waals surface area (Å²) in [6.07, 6.45) is 3.00. The Bertz CT molecular complexity index is 607. The van der Waals surface area contributed by atoms with E-state index in [1.807, 2.05) is 4.57 Å². The summed E-state index contributed by atoms with van der Waals surface area (Å²) < 4.78 is 32.4. The van der Waals surface area contributed by atoms with E-state index in [2.05, 4.69) is 10.2 Å². The fraction of sp³-hybridized carbons (Fsp3) is 0.818. The van der Waals surface area contributed by atoms with E-state index in [0.717, 1.165) is 18.7 Å². The highest BCUT2D eigenvalue weighted by Crippen LogP contribution is 2.26. The summed E-state index contributed by atoms with van der Waals surface area (Å²) >= 11 is 5.22. The minimum Gasteiger partial charge on any atom is -0.383 e. The van der Waals surface area contributed by atoms with Crippen LogP contribution < -0.4 is 0 Å². The van der Waals surface area contributed by atoms with Gasteiger partial charge in [0, 0.05) is 32.7 Å². The molecular weight excluding hydrogens is 300 g/mol. The molecule has 0 radical (unpaired) electrons. The molecule has 0 aromatic carbocycles. The summed E-state index contributed by atoms with van der Waals surface area (Å²) in [7, 11) is -1.52. The zero-order valence-corrected chi connectivity index (χ0v) is 13.3. The standard InChI is InChI=1S/C11H20N4O3S2/c1-18-7-6-15-10(12-13-11(15)19)9-4-3-5-14(8-9)20(2,16)17/h9H,3-8H2,1-2H3,(H,13,19). The van der Waals surface area contributed by atoms with Crippen molar-refractivity contribution >= 4 is 22.2 Å². The zero-order chi connectivity index (χ0) is 14.8. The lowest BCUT2D eigenvalue weighted by Crippen LogP contribution is -2.39. The first-order chi connectivity index (χ1) is 9.43. The molecule has 1 saturated heterocycles. The fourth-order valence-corrected chi connectivity index (χ4v) is 3.64. The van der Waals surface area contributed by atoms with Crippen LogP contribution in [0.4, 0.5) is 0 Å². The Labute approximate surface area is 124 Å². The van der Waals surface area contributed by atoms with Crippen LogP contribution in [0, 0.1) is 4.77 Å². The maximum atomic E-state index is 11.7. The maximum Gasteiger partial charge on any atom is 0.211 e. The molecule has 1 aromatic rings. The van der Waals surface area contributed by atoms with Crippen LogP contribution >= 0.6 is 12.2 Å². The van der Waals surface area contributed by atoms with Gasteiger partial charge in [0.15, 0.2) is 4.77 Å². The van der Waals surface area contributed by atoms with Crippen LogP contribution in [0.2, 0.25) is 0 Å². The maximum absolute atomic E-state index is 11.7. The number of nitrogens with zero attached hydrogens (tertiary/aromatic N) is 3. The normalized spacial score (nSPS) is 21.2. The highest BCUT2D eigenvalue weighted by atomic mass is 32.2. The van der Waals surface area contributed by atoms with Crippen molar-refractivity contribution in [1.29, 1.82) is 0 Å². The minimum absolute atomic E-state index is 0.0725. The van der Waals surface area contributed by atoms with Crippen LogP contribution in [0.5, 0.6) is 0 Å². The second-order valence-electron chi connectivity index (χ2n) is 4.99. The van der Waals surface area contributed by atoms with E-state index in [-0.39, 0.29) is 5.92 Å². The fourth-order valence-electron chi connectivity index (χ4n) is 2.49. The summed E-state index contributed by atoms with van der Waals surface area (Å²) in [6.45, 7) is 2.21. The van der Waals surface area contributed by atoms with Crippen LogP contribution in [0.3, 0.4) is 0 Å². The molecule has 1 unspecified atom stereocenters. The first kappa shape index (κ1) is 15.6. The van der Waals surface area contributed by atoms with Gasteiger partial charge in [-0.1, -0.05) is 0 Å². The second-order valence-corrected chi connectivity index (χ2v) is 7.36.